The molecule has 0 saturated carbocycles. The summed E-state index contributed by atoms with van der Waals surface area (Å²) in [6.45, 7) is 0. The van der Waals surface area contributed by atoms with Crippen LogP contribution in [0.3, 0.4) is 0 Å². The Morgan fingerprint density at radius 1 is 1.05 bits per heavy atom. The highest BCUT2D eigenvalue weighted by Gasteiger charge is 2.13. The van der Waals surface area contributed by atoms with Crippen LogP contribution in [0.25, 0.3) is 0 Å². The summed E-state index contributed by atoms with van der Waals surface area (Å²) < 4.78 is 10.4. The number of ketones is 1. The van der Waals surface area contributed by atoms with Gasteiger partial charge in [-0.1, -0.05) is 12.1 Å². The van der Waals surface area contributed by atoms with Crippen LogP contribution in [0.5, 0.6) is 11.5 Å². The highest BCUT2D eigenvalue weighted by atomic mass is 32.1. The van der Waals surface area contributed by atoms with Crippen molar-refractivity contribution in [1.82, 2.24) is 0 Å². The number of nitrogens with two attached hydrogens (primary N) is 1. The lowest BCUT2D eigenvalue weighted by Crippen LogP contribution is -2.19. The number of anilines is 1. The number of thiocarbonyl (C=S) groups is 1. The summed E-state index contributed by atoms with van der Waals surface area (Å²) in [5, 5.41) is 2.95. The fourth-order valence-electron chi connectivity index (χ4n) is 2.02. The Kier molecular flexibility index (Phi) is 4.95. The largest absolute Gasteiger partial charge is 0.493 e. The van der Waals surface area contributed by atoms with Gasteiger partial charge in [0.25, 0.3) is 0 Å². The molecule has 6 heteroatoms. The molecule has 114 valence electrons. The number of ether oxygens (including phenoxy) is 2. The predicted octanol–water partition coefficient (Wildman–Crippen LogP) is 2.59. The summed E-state index contributed by atoms with van der Waals surface area (Å²) in [6.07, 6.45) is 0. The Hall–Kier alpha value is -2.60. The van der Waals surface area contributed by atoms with Crippen LogP contribution in [-0.4, -0.2) is 25.1 Å². The van der Waals surface area contributed by atoms with E-state index in [0.29, 0.717) is 28.3 Å². The molecule has 0 saturated heterocycles. The van der Waals surface area contributed by atoms with Gasteiger partial charge in [0, 0.05) is 16.8 Å². The number of nitrogens with one attached hydrogen (secondary N) is 1. The van der Waals surface area contributed by atoms with E-state index >= 15 is 0 Å². The lowest BCUT2D eigenvalue weighted by atomic mass is 10.0. The molecule has 0 aliphatic carbocycles. The van der Waals surface area contributed by atoms with Crippen LogP contribution in [0.2, 0.25) is 0 Å². The van der Waals surface area contributed by atoms with Gasteiger partial charge in [-0.15, -0.1) is 0 Å². The van der Waals surface area contributed by atoms with Gasteiger partial charge >= 0.3 is 0 Å². The molecule has 0 unspecified atom stereocenters. The molecule has 0 aliphatic rings. The first-order valence-electron chi connectivity index (χ1n) is 6.48. The van der Waals surface area contributed by atoms with Crippen LogP contribution in [-0.2, 0) is 0 Å². The van der Waals surface area contributed by atoms with Crippen molar-refractivity contribution in [3.63, 3.8) is 0 Å². The molecule has 22 heavy (non-hydrogen) atoms. The molecule has 0 radical (unpaired) electrons. The molecule has 2 aromatic carbocycles. The van der Waals surface area contributed by atoms with Crippen molar-refractivity contribution in [3.8, 4) is 11.5 Å². The Labute approximate surface area is 134 Å². The second-order valence-electron chi connectivity index (χ2n) is 4.47. The smallest absolute Gasteiger partial charge is 0.193 e. The molecule has 0 atom stereocenters. The maximum Gasteiger partial charge on any atom is 0.193 e. The average molecular weight is 316 g/mol. The summed E-state index contributed by atoms with van der Waals surface area (Å²) in [7, 11) is 3.07. The van der Waals surface area contributed by atoms with Crippen molar-refractivity contribution in [2.24, 2.45) is 5.73 Å². The number of carbonyl (C=O) groups is 1. The molecule has 0 aliphatic heterocycles. The zero-order chi connectivity index (χ0) is 16.1. The van der Waals surface area contributed by atoms with Crippen molar-refractivity contribution in [3.05, 3.63) is 53.6 Å². The lowest BCUT2D eigenvalue weighted by molar-refractivity contribution is 0.103. The van der Waals surface area contributed by atoms with Crippen molar-refractivity contribution < 1.29 is 14.3 Å². The topological polar surface area (TPSA) is 73.6 Å². The molecule has 0 fully saturated rings. The maximum atomic E-state index is 12.6. The number of rotatable bonds is 5. The first-order valence-corrected chi connectivity index (χ1v) is 6.89. The molecule has 0 heterocycles. The van der Waals surface area contributed by atoms with Crippen LogP contribution in [0.1, 0.15) is 15.9 Å². The van der Waals surface area contributed by atoms with Gasteiger partial charge in [0.1, 0.15) is 0 Å². The van der Waals surface area contributed by atoms with E-state index in [1.807, 2.05) is 0 Å². The van der Waals surface area contributed by atoms with Crippen LogP contribution < -0.4 is 20.5 Å². The fraction of sp³-hybridized carbons (Fsp3) is 0.125. The van der Waals surface area contributed by atoms with E-state index in [1.54, 1.807) is 49.6 Å². The molecule has 2 aromatic rings. The van der Waals surface area contributed by atoms with Crippen molar-refractivity contribution >= 4 is 28.8 Å². The summed E-state index contributed by atoms with van der Waals surface area (Å²) >= 11 is 4.79. The van der Waals surface area contributed by atoms with Crippen molar-refractivity contribution in [1.29, 1.82) is 0 Å². The number of methoxy groups -OCH3 is 2. The molecular weight excluding hydrogens is 300 g/mol. The summed E-state index contributed by atoms with van der Waals surface area (Å²) in [4.78, 5) is 12.6. The molecule has 0 aromatic heterocycles. The molecule has 3 N–H and O–H groups in total. The van der Waals surface area contributed by atoms with E-state index in [1.165, 1.54) is 7.11 Å². The number of benzene rings is 2. The monoisotopic (exact) mass is 316 g/mol. The maximum absolute atomic E-state index is 12.6. The van der Waals surface area contributed by atoms with Gasteiger partial charge in [0.2, 0.25) is 0 Å². The lowest BCUT2D eigenvalue weighted by Gasteiger charge is -2.10. The minimum atomic E-state index is -0.132. The minimum Gasteiger partial charge on any atom is -0.493 e. The Morgan fingerprint density at radius 3 is 2.36 bits per heavy atom. The average Bonchev–Trinajstić information content (AvgIpc) is 2.53. The van der Waals surface area contributed by atoms with Gasteiger partial charge in [-0.25, -0.2) is 0 Å². The van der Waals surface area contributed by atoms with Gasteiger partial charge < -0.3 is 20.5 Å². The molecule has 2 rings (SSSR count). The van der Waals surface area contributed by atoms with Gasteiger partial charge in [0.05, 0.1) is 14.2 Å². The normalized spacial score (nSPS) is 9.91. The predicted molar refractivity (Wildman–Crippen MR) is 89.8 cm³/mol. The quantitative estimate of drug-likeness (QED) is 0.652. The standard InChI is InChI=1S/C16H16N2O3S/c1-20-13-7-6-11(9-14(13)21-2)15(19)10-4-3-5-12(8-10)18-16(17)22/h3-9H,1-2H3,(H3,17,18,22). The third-order valence-corrected chi connectivity index (χ3v) is 3.14. The third-order valence-electron chi connectivity index (χ3n) is 3.04. The van der Waals surface area contributed by atoms with E-state index in [4.69, 9.17) is 27.4 Å². The van der Waals surface area contributed by atoms with E-state index < -0.39 is 0 Å². The second kappa shape index (κ2) is 6.91. The number of hydrogen-bond acceptors (Lipinski definition) is 4. The van der Waals surface area contributed by atoms with E-state index in [9.17, 15) is 4.79 Å². The Morgan fingerprint density at radius 2 is 1.73 bits per heavy atom. The zero-order valence-electron chi connectivity index (χ0n) is 12.3. The molecule has 0 amide bonds. The second-order valence-corrected chi connectivity index (χ2v) is 4.91. The highest BCUT2D eigenvalue weighted by molar-refractivity contribution is 7.80. The zero-order valence-corrected chi connectivity index (χ0v) is 13.1. The van der Waals surface area contributed by atoms with Gasteiger partial charge in [-0.05, 0) is 42.5 Å². The summed E-state index contributed by atoms with van der Waals surface area (Å²) in [6, 6.07) is 12.0. The third kappa shape index (κ3) is 3.53. The van der Waals surface area contributed by atoms with Crippen LogP contribution >= 0.6 is 12.2 Å². The molecular formula is C16H16N2O3S. The van der Waals surface area contributed by atoms with Crippen molar-refractivity contribution in [2.75, 3.05) is 19.5 Å². The van der Waals surface area contributed by atoms with E-state index in [-0.39, 0.29) is 10.9 Å². The Bertz CT molecular complexity index is 716. The van der Waals surface area contributed by atoms with Gasteiger partial charge in [-0.3, -0.25) is 4.79 Å². The molecule has 0 spiro atoms. The van der Waals surface area contributed by atoms with E-state index in [2.05, 4.69) is 5.32 Å². The van der Waals surface area contributed by atoms with Gasteiger partial charge in [-0.2, -0.15) is 0 Å². The van der Waals surface area contributed by atoms with Crippen LogP contribution in [0, 0.1) is 0 Å². The first-order chi connectivity index (χ1) is 10.5. The SMILES string of the molecule is COc1ccc(C(=O)c2cccc(NC(N)=S)c2)cc1OC. The molecule has 5 nitrogen and oxygen atoms in total. The fourth-order valence-corrected chi connectivity index (χ4v) is 2.14. The van der Waals surface area contributed by atoms with Crippen LogP contribution in [0.4, 0.5) is 5.69 Å². The van der Waals surface area contributed by atoms with E-state index in [0.717, 1.165) is 0 Å². The van der Waals surface area contributed by atoms with Crippen molar-refractivity contribution in [2.45, 2.75) is 0 Å². The number of carbonyl (C=O) groups excluding carboxylic acids is 1. The molecule has 0 bridgehead atoms. The van der Waals surface area contributed by atoms with Gasteiger partial charge in [0.15, 0.2) is 22.4 Å². The first kappa shape index (κ1) is 15.8. The number of hydrogen-bond donors (Lipinski definition) is 2. The summed E-state index contributed by atoms with van der Waals surface area (Å²) in [5.41, 5.74) is 7.13. The minimum absolute atomic E-state index is 0.132. The Balaban J connectivity index is 2.33. The highest BCUT2D eigenvalue weighted by Crippen LogP contribution is 2.28. The summed E-state index contributed by atoms with van der Waals surface area (Å²) in [5.74, 6) is 0.946. The van der Waals surface area contributed by atoms with Crippen LogP contribution in [0.15, 0.2) is 42.5 Å².